The SMILES string of the molecule is COC(=O)c1cccc(-c2cnc(-c3cncc(F)c3)s2)n1.O=C(O)c1cccc(-c2cnc(-c3cncc(F)c3)s2)n1. The summed E-state index contributed by atoms with van der Waals surface area (Å²) in [6.07, 6.45) is 8.54. The molecule has 6 aromatic rings. The Morgan fingerprint density at radius 3 is 1.67 bits per heavy atom. The standard InChI is InChI=1S/C15H10FN3O2S.C14H8FN3O2S/c1-21-15(20)12-4-2-3-11(19-12)13-8-18-14(22-13)9-5-10(16)7-17-6-9;15-9-4-8(5-16-6-9)13-17-7-12(21-13)10-2-1-3-11(18-10)14(19)20/h2-8H,1H3;1-7H,(H,19,20). The second-order valence-corrected chi connectivity index (χ2v) is 10.5. The lowest BCUT2D eigenvalue weighted by Gasteiger charge is -2.00. The number of pyridine rings is 4. The highest BCUT2D eigenvalue weighted by atomic mass is 32.1. The average molecular weight is 617 g/mol. The van der Waals surface area contributed by atoms with Crippen molar-refractivity contribution in [1.82, 2.24) is 29.9 Å². The third-order valence-electron chi connectivity index (χ3n) is 5.53. The van der Waals surface area contributed by atoms with Crippen molar-refractivity contribution in [2.24, 2.45) is 0 Å². The van der Waals surface area contributed by atoms with Crippen LogP contribution in [0.4, 0.5) is 8.78 Å². The van der Waals surface area contributed by atoms with E-state index in [1.54, 1.807) is 48.9 Å². The van der Waals surface area contributed by atoms with Crippen LogP contribution in [0.2, 0.25) is 0 Å². The smallest absolute Gasteiger partial charge is 0.356 e. The van der Waals surface area contributed by atoms with Gasteiger partial charge in [-0.1, -0.05) is 12.1 Å². The molecule has 0 saturated heterocycles. The minimum atomic E-state index is -1.09. The fraction of sp³-hybridized carbons (Fsp3) is 0.0345. The second kappa shape index (κ2) is 13.1. The first kappa shape index (κ1) is 29.2. The Balaban J connectivity index is 0.000000171. The van der Waals surface area contributed by atoms with Gasteiger partial charge in [0.15, 0.2) is 0 Å². The van der Waals surface area contributed by atoms with E-state index in [0.29, 0.717) is 37.4 Å². The van der Waals surface area contributed by atoms with Gasteiger partial charge in [0, 0.05) is 35.9 Å². The fourth-order valence-corrected chi connectivity index (χ4v) is 5.32. The van der Waals surface area contributed by atoms with E-state index >= 15 is 0 Å². The van der Waals surface area contributed by atoms with Gasteiger partial charge in [0.05, 0.1) is 40.6 Å². The Labute approximate surface area is 250 Å². The maximum atomic E-state index is 13.2. The molecule has 0 spiro atoms. The summed E-state index contributed by atoms with van der Waals surface area (Å²) in [6, 6.07) is 12.5. The minimum Gasteiger partial charge on any atom is -0.477 e. The minimum absolute atomic E-state index is 0.0325. The lowest BCUT2D eigenvalue weighted by Crippen LogP contribution is -2.04. The van der Waals surface area contributed by atoms with E-state index in [2.05, 4.69) is 34.6 Å². The molecular formula is C29H18F2N6O4S2. The number of carbonyl (C=O) groups is 2. The van der Waals surface area contributed by atoms with Crippen LogP contribution in [0, 0.1) is 11.6 Å². The van der Waals surface area contributed by atoms with E-state index < -0.39 is 23.6 Å². The van der Waals surface area contributed by atoms with Crippen LogP contribution < -0.4 is 0 Å². The van der Waals surface area contributed by atoms with Gasteiger partial charge in [0.25, 0.3) is 0 Å². The summed E-state index contributed by atoms with van der Waals surface area (Å²) < 4.78 is 31.0. The number of hydrogen-bond donors (Lipinski definition) is 1. The second-order valence-electron chi connectivity index (χ2n) is 8.46. The zero-order valence-corrected chi connectivity index (χ0v) is 23.6. The van der Waals surface area contributed by atoms with Gasteiger partial charge in [-0.2, -0.15) is 0 Å². The lowest BCUT2D eigenvalue weighted by molar-refractivity contribution is 0.0593. The number of halogens is 2. The van der Waals surface area contributed by atoms with Crippen LogP contribution in [-0.2, 0) is 4.74 Å². The van der Waals surface area contributed by atoms with E-state index in [0.717, 1.165) is 17.3 Å². The van der Waals surface area contributed by atoms with Gasteiger partial charge in [-0.15, -0.1) is 22.7 Å². The molecule has 0 aliphatic rings. The molecule has 0 aliphatic heterocycles. The van der Waals surface area contributed by atoms with Gasteiger partial charge in [-0.25, -0.2) is 38.3 Å². The molecule has 43 heavy (non-hydrogen) atoms. The van der Waals surface area contributed by atoms with Crippen molar-refractivity contribution in [2.45, 2.75) is 0 Å². The molecular weight excluding hydrogens is 598 g/mol. The molecule has 0 aromatic carbocycles. The van der Waals surface area contributed by atoms with Crippen molar-refractivity contribution < 1.29 is 28.2 Å². The predicted octanol–water partition coefficient (Wildman–Crippen LogP) is 6.30. The molecule has 214 valence electrons. The molecule has 0 unspecified atom stereocenters. The quantitative estimate of drug-likeness (QED) is 0.212. The van der Waals surface area contributed by atoms with E-state index in [4.69, 9.17) is 5.11 Å². The summed E-state index contributed by atoms with van der Waals surface area (Å²) in [5, 5.41) is 10.2. The lowest BCUT2D eigenvalue weighted by atomic mass is 10.3. The van der Waals surface area contributed by atoms with E-state index in [1.807, 2.05) is 0 Å². The van der Waals surface area contributed by atoms with E-state index in [1.165, 1.54) is 54.2 Å². The highest BCUT2D eigenvalue weighted by Gasteiger charge is 2.13. The molecule has 0 fully saturated rings. The molecule has 0 atom stereocenters. The number of hydrogen-bond acceptors (Lipinski definition) is 11. The van der Waals surface area contributed by atoms with Crippen LogP contribution in [0.5, 0.6) is 0 Å². The summed E-state index contributed by atoms with van der Waals surface area (Å²) in [7, 11) is 1.30. The van der Waals surface area contributed by atoms with E-state index in [9.17, 15) is 18.4 Å². The number of esters is 1. The maximum Gasteiger partial charge on any atom is 0.356 e. The number of aromatic nitrogens is 6. The number of methoxy groups -OCH3 is 1. The van der Waals surface area contributed by atoms with Gasteiger partial charge in [0.2, 0.25) is 0 Å². The highest BCUT2D eigenvalue weighted by molar-refractivity contribution is 7.18. The highest BCUT2D eigenvalue weighted by Crippen LogP contribution is 2.32. The van der Waals surface area contributed by atoms with E-state index in [-0.39, 0.29) is 11.4 Å². The fourth-order valence-electron chi connectivity index (χ4n) is 3.59. The molecule has 10 nitrogen and oxygen atoms in total. The molecule has 6 heterocycles. The number of rotatable bonds is 6. The van der Waals surface area contributed by atoms with Gasteiger partial charge in [-0.3, -0.25) is 9.97 Å². The first-order chi connectivity index (χ1) is 20.8. The Bertz CT molecular complexity index is 1930. The van der Waals surface area contributed by atoms with Crippen LogP contribution in [0.3, 0.4) is 0 Å². The first-order valence-corrected chi connectivity index (χ1v) is 13.8. The summed E-state index contributed by atoms with van der Waals surface area (Å²) in [6.45, 7) is 0. The van der Waals surface area contributed by atoms with Gasteiger partial charge in [0.1, 0.15) is 33.0 Å². The molecule has 0 amide bonds. The number of aromatic carboxylic acids is 1. The number of ether oxygens (including phenoxy) is 1. The Morgan fingerprint density at radius 1 is 0.721 bits per heavy atom. The summed E-state index contributed by atoms with van der Waals surface area (Å²) in [4.78, 5) is 48.2. The maximum absolute atomic E-state index is 13.2. The average Bonchev–Trinajstić information content (AvgIpc) is 3.73. The molecule has 0 saturated carbocycles. The largest absolute Gasteiger partial charge is 0.477 e. The van der Waals surface area contributed by atoms with Crippen molar-refractivity contribution in [3.05, 3.63) is 109 Å². The Morgan fingerprint density at radius 2 is 1.21 bits per heavy atom. The predicted molar refractivity (Wildman–Crippen MR) is 155 cm³/mol. The number of nitrogens with zero attached hydrogens (tertiary/aromatic N) is 6. The third-order valence-corrected chi connectivity index (χ3v) is 7.67. The van der Waals surface area contributed by atoms with Gasteiger partial charge in [-0.05, 0) is 36.4 Å². The van der Waals surface area contributed by atoms with Crippen molar-refractivity contribution >= 4 is 34.6 Å². The first-order valence-electron chi connectivity index (χ1n) is 12.2. The number of carboxylic acids is 1. The molecule has 0 bridgehead atoms. The molecule has 14 heteroatoms. The van der Waals surface area contributed by atoms with Crippen molar-refractivity contribution in [2.75, 3.05) is 7.11 Å². The Hall–Kier alpha value is -5.34. The van der Waals surface area contributed by atoms with Gasteiger partial charge < -0.3 is 9.84 Å². The summed E-state index contributed by atoms with van der Waals surface area (Å²) in [5.41, 5.74) is 2.48. The number of carboxylic acid groups (broad SMARTS) is 1. The monoisotopic (exact) mass is 616 g/mol. The summed E-state index contributed by atoms with van der Waals surface area (Å²) >= 11 is 2.64. The molecule has 0 aliphatic carbocycles. The number of thiazole rings is 2. The van der Waals surface area contributed by atoms with Crippen LogP contribution in [-0.4, -0.2) is 54.1 Å². The zero-order valence-electron chi connectivity index (χ0n) is 22.0. The molecule has 1 N–H and O–H groups in total. The topological polar surface area (TPSA) is 141 Å². The third kappa shape index (κ3) is 7.12. The van der Waals surface area contributed by atoms with Gasteiger partial charge >= 0.3 is 11.9 Å². The van der Waals surface area contributed by atoms with Crippen LogP contribution in [0.25, 0.3) is 42.3 Å². The molecule has 6 rings (SSSR count). The van der Waals surface area contributed by atoms with Crippen molar-refractivity contribution in [1.29, 1.82) is 0 Å². The molecule has 6 aromatic heterocycles. The van der Waals surface area contributed by atoms with Crippen LogP contribution in [0.15, 0.2) is 85.7 Å². The number of carbonyl (C=O) groups excluding carboxylic acids is 1. The van der Waals surface area contributed by atoms with Crippen molar-refractivity contribution in [3.8, 4) is 42.3 Å². The van der Waals surface area contributed by atoms with Crippen LogP contribution in [0.1, 0.15) is 21.0 Å². The molecule has 0 radical (unpaired) electrons. The Kier molecular flexibility index (Phi) is 8.88. The normalized spacial score (nSPS) is 10.5. The van der Waals surface area contributed by atoms with Crippen molar-refractivity contribution in [3.63, 3.8) is 0 Å². The van der Waals surface area contributed by atoms with Crippen LogP contribution >= 0.6 is 22.7 Å². The zero-order chi connectivity index (χ0) is 30.3. The summed E-state index contributed by atoms with van der Waals surface area (Å²) in [5.74, 6) is -2.44.